The first-order valence-corrected chi connectivity index (χ1v) is 14.2. The van der Waals surface area contributed by atoms with Gasteiger partial charge in [-0.2, -0.15) is 5.26 Å². The van der Waals surface area contributed by atoms with Crippen LogP contribution in [0.4, 0.5) is 24.5 Å². The first-order chi connectivity index (χ1) is 21.2. The van der Waals surface area contributed by atoms with Gasteiger partial charge in [-0.25, -0.2) is 17.9 Å². The largest absolute Gasteiger partial charge is 0.377 e. The van der Waals surface area contributed by atoms with Crippen molar-refractivity contribution in [1.29, 1.82) is 5.26 Å². The van der Waals surface area contributed by atoms with E-state index in [1.54, 1.807) is 12.1 Å². The summed E-state index contributed by atoms with van der Waals surface area (Å²) in [5.74, 6) is -0.502. The molecule has 0 unspecified atom stereocenters. The molecule has 2 atom stereocenters. The number of rotatable bonds is 10. The zero-order valence-corrected chi connectivity index (χ0v) is 23.8. The highest BCUT2D eigenvalue weighted by molar-refractivity contribution is 6.35. The zero-order valence-electron chi connectivity index (χ0n) is 24.0. The van der Waals surface area contributed by atoms with Crippen LogP contribution >= 0.6 is 11.6 Å². The highest BCUT2D eigenvalue weighted by Gasteiger charge is 2.54. The Morgan fingerprint density at radius 1 is 1.09 bits per heavy atom. The lowest BCUT2D eigenvalue weighted by Crippen LogP contribution is -2.26. The van der Waals surface area contributed by atoms with Crippen molar-refractivity contribution in [2.45, 2.75) is 50.2 Å². The van der Waals surface area contributed by atoms with Gasteiger partial charge in [0, 0.05) is 17.3 Å². The third-order valence-electron chi connectivity index (χ3n) is 7.75. The van der Waals surface area contributed by atoms with Gasteiger partial charge >= 0.3 is 0 Å². The molecule has 11 heteroatoms. The maximum Gasteiger partial charge on any atom is 0.263 e. The summed E-state index contributed by atoms with van der Waals surface area (Å²) in [4.78, 5) is 4.43. The number of aromatic nitrogens is 4. The van der Waals surface area contributed by atoms with Crippen LogP contribution in [0.5, 0.6) is 0 Å². The Kier molecular flexibility index (Phi) is 7.33. The summed E-state index contributed by atoms with van der Waals surface area (Å²) >= 11 is 6.73. The molecular weight excluding hydrogens is 575 g/mol. The Hall–Kier alpha value is -4.62. The Morgan fingerprint density at radius 3 is 2.49 bits per heavy atom. The molecule has 1 aliphatic carbocycles. The number of fused-ring (bicyclic) bond motifs is 1. The fraction of sp³-hybridized carbons (Fsp3) is 0.250. The second-order valence-electron chi connectivity index (χ2n) is 10.5. The Labute approximate surface area is 252 Å². The van der Waals surface area contributed by atoms with Crippen molar-refractivity contribution in [2.75, 3.05) is 10.6 Å². The topological polar surface area (TPSA) is 91.5 Å². The number of nitrogens with zero attached hydrogens (tertiary/aromatic N) is 5. The van der Waals surface area contributed by atoms with Gasteiger partial charge in [-0.05, 0) is 54.7 Å². The van der Waals surface area contributed by atoms with E-state index in [-0.39, 0.29) is 29.6 Å². The monoisotopic (exact) mass is 602 g/mol. The van der Waals surface area contributed by atoms with Crippen LogP contribution in [0.15, 0.2) is 79.1 Å². The molecule has 1 saturated carbocycles. The molecule has 218 valence electrons. The molecule has 0 radical (unpaired) electrons. The van der Waals surface area contributed by atoms with Gasteiger partial charge in [0.25, 0.3) is 6.43 Å². The number of hydrogen-bond donors (Lipinski definition) is 2. The van der Waals surface area contributed by atoms with Crippen LogP contribution in [-0.4, -0.2) is 26.4 Å². The third kappa shape index (κ3) is 5.48. The SMILES string of the molecule is [2H][C@](Nc1cc(Cl)c2ncc(C#N)c(N[C@H](CC)c3ccccc3)c2c1)(c1ccc(F)cc1)c1cn(C2(C(F)F)CC2)nn1. The molecule has 0 spiro atoms. The average molecular weight is 603 g/mol. The molecule has 43 heavy (non-hydrogen) atoms. The average Bonchev–Trinajstić information content (AvgIpc) is 3.69. The van der Waals surface area contributed by atoms with E-state index in [9.17, 15) is 19.8 Å². The van der Waals surface area contributed by atoms with Crippen molar-refractivity contribution in [1.82, 2.24) is 20.0 Å². The molecule has 0 saturated heterocycles. The van der Waals surface area contributed by atoms with Gasteiger partial charge in [0.2, 0.25) is 0 Å². The summed E-state index contributed by atoms with van der Waals surface area (Å²) in [7, 11) is 0. The molecule has 2 N–H and O–H groups in total. The zero-order chi connectivity index (χ0) is 31.1. The van der Waals surface area contributed by atoms with Crippen LogP contribution in [0.25, 0.3) is 10.9 Å². The molecule has 5 aromatic rings. The van der Waals surface area contributed by atoms with Gasteiger partial charge in [0.15, 0.2) is 0 Å². The fourth-order valence-electron chi connectivity index (χ4n) is 5.17. The van der Waals surface area contributed by atoms with Crippen molar-refractivity contribution in [3.63, 3.8) is 0 Å². The Bertz CT molecular complexity index is 1860. The quantitative estimate of drug-likeness (QED) is 0.168. The minimum atomic E-state index is -2.65. The number of nitriles is 1. The summed E-state index contributed by atoms with van der Waals surface area (Å²) in [6.07, 6.45) is 1.36. The summed E-state index contributed by atoms with van der Waals surface area (Å²) in [5, 5.41) is 25.5. The number of halogens is 4. The van der Waals surface area contributed by atoms with E-state index < -0.39 is 23.8 Å². The lowest BCUT2D eigenvalue weighted by Gasteiger charge is -2.22. The van der Waals surface area contributed by atoms with Crippen LogP contribution < -0.4 is 10.6 Å². The fourth-order valence-corrected chi connectivity index (χ4v) is 5.44. The molecule has 1 fully saturated rings. The van der Waals surface area contributed by atoms with Crippen LogP contribution in [-0.2, 0) is 5.54 Å². The molecule has 2 aromatic heterocycles. The van der Waals surface area contributed by atoms with Gasteiger partial charge in [-0.15, -0.1) is 5.10 Å². The van der Waals surface area contributed by atoms with Gasteiger partial charge in [-0.1, -0.05) is 66.2 Å². The van der Waals surface area contributed by atoms with E-state index in [2.05, 4.69) is 32.0 Å². The maximum atomic E-state index is 13.9. The summed E-state index contributed by atoms with van der Waals surface area (Å²) in [6.45, 7) is 2.03. The number of benzene rings is 3. The number of anilines is 2. The van der Waals surface area contributed by atoms with E-state index >= 15 is 0 Å². The Balaban J connectivity index is 1.46. The van der Waals surface area contributed by atoms with Crippen molar-refractivity contribution in [2.24, 2.45) is 0 Å². The predicted octanol–water partition coefficient (Wildman–Crippen LogP) is 8.01. The first-order valence-electron chi connectivity index (χ1n) is 14.3. The molecule has 2 heterocycles. The standard InChI is InChI=1S/C32H27ClF3N7/c1-2-26(19-6-4-3-5-7-19)40-28-21(16-37)17-38-30-24(28)14-23(15-25(30)33)39-29(20-8-10-22(34)11-9-20)27-18-43(42-41-27)32(12-13-32)31(35)36/h3-11,14-15,17-18,26,29,31,39H,2,12-13H2,1H3,(H,38,40)/t26-,29+/m1/s1/i29D. The molecular formula is C32H27ClF3N7. The second kappa shape index (κ2) is 11.6. The van der Waals surface area contributed by atoms with E-state index in [1.165, 1.54) is 36.7 Å². The van der Waals surface area contributed by atoms with Crippen molar-refractivity contribution in [3.05, 3.63) is 112 Å². The predicted molar refractivity (Wildman–Crippen MR) is 160 cm³/mol. The summed E-state index contributed by atoms with van der Waals surface area (Å²) in [5.41, 5.74) is 1.54. The molecule has 0 amide bonds. The van der Waals surface area contributed by atoms with Crippen LogP contribution in [0.2, 0.25) is 5.02 Å². The van der Waals surface area contributed by atoms with Gasteiger partial charge < -0.3 is 10.6 Å². The smallest absolute Gasteiger partial charge is 0.263 e. The van der Waals surface area contributed by atoms with E-state index in [1.807, 2.05) is 37.3 Å². The van der Waals surface area contributed by atoms with Crippen LogP contribution in [0.1, 0.15) is 62.0 Å². The van der Waals surface area contributed by atoms with Crippen molar-refractivity contribution < 1.29 is 14.5 Å². The molecule has 7 nitrogen and oxygen atoms in total. The summed E-state index contributed by atoms with van der Waals surface area (Å²) < 4.78 is 52.3. The van der Waals surface area contributed by atoms with E-state index in [0.29, 0.717) is 33.4 Å². The lowest BCUT2D eigenvalue weighted by molar-refractivity contribution is 0.0593. The second-order valence-corrected chi connectivity index (χ2v) is 10.9. The van der Waals surface area contributed by atoms with Gasteiger partial charge in [0.05, 0.1) is 41.4 Å². The number of hydrogen-bond acceptors (Lipinski definition) is 6. The van der Waals surface area contributed by atoms with Gasteiger partial charge in [0.1, 0.15) is 23.1 Å². The highest BCUT2D eigenvalue weighted by atomic mass is 35.5. The molecule has 1 aliphatic rings. The van der Waals surface area contributed by atoms with Crippen molar-refractivity contribution >= 4 is 33.9 Å². The van der Waals surface area contributed by atoms with Crippen molar-refractivity contribution in [3.8, 4) is 6.07 Å². The van der Waals surface area contributed by atoms with Gasteiger partial charge in [-0.3, -0.25) is 4.98 Å². The number of alkyl halides is 2. The molecule has 6 rings (SSSR count). The first kappa shape index (κ1) is 27.2. The Morgan fingerprint density at radius 2 is 1.84 bits per heavy atom. The molecule has 0 aliphatic heterocycles. The minimum Gasteiger partial charge on any atom is -0.377 e. The number of nitrogens with one attached hydrogen (secondary N) is 2. The van der Waals surface area contributed by atoms with E-state index in [4.69, 9.17) is 11.6 Å². The number of pyridine rings is 1. The van der Waals surface area contributed by atoms with Crippen LogP contribution in [0.3, 0.4) is 0 Å². The highest BCUT2D eigenvalue weighted by Crippen LogP contribution is 2.48. The third-order valence-corrected chi connectivity index (χ3v) is 8.04. The molecule has 3 aromatic carbocycles. The summed E-state index contributed by atoms with van der Waals surface area (Å²) in [6, 6.07) is 18.6. The molecule has 0 bridgehead atoms. The lowest BCUT2D eigenvalue weighted by atomic mass is 10.0. The maximum absolute atomic E-state index is 13.9. The normalized spacial score (nSPS) is 16.3. The van der Waals surface area contributed by atoms with E-state index in [0.717, 1.165) is 16.7 Å². The minimum absolute atomic E-state index is 0.0321. The van der Waals surface area contributed by atoms with Crippen LogP contribution in [0, 0.1) is 17.1 Å².